The van der Waals surface area contributed by atoms with Crippen LogP contribution < -0.4 is 19.9 Å². The van der Waals surface area contributed by atoms with Gasteiger partial charge in [0, 0.05) is 30.5 Å². The van der Waals surface area contributed by atoms with E-state index in [1.54, 1.807) is 11.1 Å². The van der Waals surface area contributed by atoms with Gasteiger partial charge in [0.2, 0.25) is 0 Å². The number of carboxylic acids is 1. The molecular weight excluding hydrogens is 432 g/mol. The number of aromatic nitrogens is 1. The van der Waals surface area contributed by atoms with Crippen molar-refractivity contribution in [1.82, 2.24) is 4.98 Å². The number of rotatable bonds is 4. The molecule has 2 aliphatic rings. The number of hydrogen-bond donors (Lipinski definition) is 2. The Morgan fingerprint density at radius 2 is 1.85 bits per heavy atom. The Hall–Kier alpha value is -4.07. The van der Waals surface area contributed by atoms with Gasteiger partial charge in [-0.15, -0.1) is 0 Å². The number of aliphatic carboxylic acids is 1. The molecule has 5 rings (SSSR count). The third-order valence-corrected chi connectivity index (χ3v) is 6.23. The number of benzene rings is 2. The van der Waals surface area contributed by atoms with Crippen LogP contribution >= 0.6 is 0 Å². The molecule has 2 aliphatic heterocycles. The molecular formula is C26H26N4O4. The van der Waals surface area contributed by atoms with Gasteiger partial charge >= 0.3 is 12.0 Å². The van der Waals surface area contributed by atoms with E-state index in [-0.39, 0.29) is 18.1 Å². The second kappa shape index (κ2) is 9.05. The Morgan fingerprint density at radius 3 is 2.56 bits per heavy atom. The Bertz CT molecular complexity index is 1200. The molecule has 0 spiro atoms. The number of carboxylic acid groups (broad SMARTS) is 1. The van der Waals surface area contributed by atoms with Crippen molar-refractivity contribution in [2.24, 2.45) is 5.92 Å². The lowest BCUT2D eigenvalue weighted by atomic mass is 10.1. The van der Waals surface area contributed by atoms with E-state index in [0.717, 1.165) is 28.3 Å². The van der Waals surface area contributed by atoms with E-state index >= 15 is 0 Å². The van der Waals surface area contributed by atoms with E-state index in [2.05, 4.69) is 10.3 Å². The molecule has 1 aromatic heterocycles. The quantitative estimate of drug-likeness (QED) is 0.599. The Kier molecular flexibility index (Phi) is 5.79. The van der Waals surface area contributed by atoms with Crippen molar-refractivity contribution in [3.63, 3.8) is 0 Å². The van der Waals surface area contributed by atoms with Gasteiger partial charge in [-0.05, 0) is 55.3 Å². The number of anilines is 3. The van der Waals surface area contributed by atoms with Gasteiger partial charge in [-0.25, -0.2) is 9.78 Å². The minimum absolute atomic E-state index is 0.151. The summed E-state index contributed by atoms with van der Waals surface area (Å²) in [4.78, 5) is 32.5. The highest BCUT2D eigenvalue weighted by atomic mass is 16.5. The molecule has 1 fully saturated rings. The monoisotopic (exact) mass is 458 g/mol. The average Bonchev–Trinajstić information content (AvgIpc) is 3.35. The van der Waals surface area contributed by atoms with Crippen LogP contribution in [0.25, 0.3) is 11.1 Å². The molecule has 2 aromatic carbocycles. The van der Waals surface area contributed by atoms with E-state index < -0.39 is 5.97 Å². The van der Waals surface area contributed by atoms with Crippen molar-refractivity contribution >= 4 is 29.2 Å². The number of ether oxygens (including phenoxy) is 1. The fourth-order valence-corrected chi connectivity index (χ4v) is 4.44. The minimum atomic E-state index is -0.756. The zero-order valence-corrected chi connectivity index (χ0v) is 18.8. The molecule has 34 heavy (non-hydrogen) atoms. The van der Waals surface area contributed by atoms with Crippen molar-refractivity contribution in [1.29, 1.82) is 0 Å². The van der Waals surface area contributed by atoms with Crippen molar-refractivity contribution < 1.29 is 19.4 Å². The SMILES string of the molecule is CC1CN(C(=O)Nc2ccccc2)c2ccc(-c3ccc(N4CCC(C(=O)O)C4)nc3)cc2O1. The second-order valence-electron chi connectivity index (χ2n) is 8.69. The van der Waals surface area contributed by atoms with Gasteiger partial charge in [-0.1, -0.05) is 24.3 Å². The first-order valence-corrected chi connectivity index (χ1v) is 11.4. The van der Waals surface area contributed by atoms with Crippen LogP contribution in [-0.2, 0) is 4.79 Å². The Balaban J connectivity index is 1.35. The smallest absolute Gasteiger partial charge is 0.326 e. The summed E-state index contributed by atoms with van der Waals surface area (Å²) in [6.45, 7) is 3.56. The summed E-state index contributed by atoms with van der Waals surface area (Å²) in [5, 5.41) is 12.2. The molecule has 1 saturated heterocycles. The predicted octanol–water partition coefficient (Wildman–Crippen LogP) is 4.48. The molecule has 2 unspecified atom stereocenters. The van der Waals surface area contributed by atoms with E-state index in [1.807, 2.05) is 72.5 Å². The lowest BCUT2D eigenvalue weighted by Crippen LogP contribution is -2.44. The van der Waals surface area contributed by atoms with Crippen molar-refractivity contribution in [2.45, 2.75) is 19.4 Å². The van der Waals surface area contributed by atoms with Crippen LogP contribution in [0.5, 0.6) is 5.75 Å². The molecule has 3 aromatic rings. The van der Waals surface area contributed by atoms with Crippen molar-refractivity contribution in [3.8, 4) is 16.9 Å². The molecule has 3 heterocycles. The summed E-state index contributed by atoms with van der Waals surface area (Å²) in [6.07, 6.45) is 2.27. The molecule has 2 atom stereocenters. The van der Waals surface area contributed by atoms with Crippen LogP contribution in [0.4, 0.5) is 22.0 Å². The fraction of sp³-hybridized carbons (Fsp3) is 0.269. The molecule has 0 bridgehead atoms. The minimum Gasteiger partial charge on any atom is -0.487 e. The maximum Gasteiger partial charge on any atom is 0.326 e. The molecule has 0 saturated carbocycles. The number of hydrogen-bond acceptors (Lipinski definition) is 5. The second-order valence-corrected chi connectivity index (χ2v) is 8.69. The highest BCUT2D eigenvalue weighted by Gasteiger charge is 2.29. The Labute approximate surface area is 197 Å². The number of fused-ring (bicyclic) bond motifs is 1. The van der Waals surface area contributed by atoms with E-state index in [4.69, 9.17) is 4.74 Å². The third-order valence-electron chi connectivity index (χ3n) is 6.23. The number of nitrogens with one attached hydrogen (secondary N) is 1. The fourth-order valence-electron chi connectivity index (χ4n) is 4.44. The van der Waals surface area contributed by atoms with E-state index in [0.29, 0.717) is 31.8 Å². The lowest BCUT2D eigenvalue weighted by Gasteiger charge is -2.33. The first-order chi connectivity index (χ1) is 16.5. The number of carbonyl (C=O) groups excluding carboxylic acids is 1. The van der Waals surface area contributed by atoms with Gasteiger partial charge in [0.25, 0.3) is 0 Å². The topological polar surface area (TPSA) is 95.0 Å². The zero-order valence-electron chi connectivity index (χ0n) is 18.8. The average molecular weight is 459 g/mol. The first-order valence-electron chi connectivity index (χ1n) is 11.4. The van der Waals surface area contributed by atoms with Crippen LogP contribution in [0.1, 0.15) is 13.3 Å². The standard InChI is InChI=1S/C26H26N4O4/c1-17-15-30(26(33)28-21-5-3-2-4-6-21)22-9-7-18(13-23(22)34-17)19-8-10-24(27-14-19)29-12-11-20(16-29)25(31)32/h2-10,13-14,17,20H,11-12,15-16H2,1H3,(H,28,33)(H,31,32). The van der Waals surface area contributed by atoms with Crippen molar-refractivity contribution in [3.05, 3.63) is 66.9 Å². The molecule has 8 heteroatoms. The number of urea groups is 1. The normalized spacial score (nSPS) is 19.3. The van der Waals surface area contributed by atoms with Crippen LogP contribution in [0.2, 0.25) is 0 Å². The summed E-state index contributed by atoms with van der Waals surface area (Å²) in [5.74, 6) is 0.323. The number of carbonyl (C=O) groups is 2. The lowest BCUT2D eigenvalue weighted by molar-refractivity contribution is -0.140. The molecule has 2 amide bonds. The largest absolute Gasteiger partial charge is 0.487 e. The number of pyridine rings is 1. The first kappa shape index (κ1) is 21.8. The van der Waals surface area contributed by atoms with E-state index in [9.17, 15) is 14.7 Å². The van der Waals surface area contributed by atoms with Gasteiger partial charge in [-0.3, -0.25) is 9.69 Å². The van der Waals surface area contributed by atoms with E-state index in [1.165, 1.54) is 0 Å². The molecule has 174 valence electrons. The summed E-state index contributed by atoms with van der Waals surface area (Å²) >= 11 is 0. The summed E-state index contributed by atoms with van der Waals surface area (Å²) < 4.78 is 6.06. The number of amides is 2. The van der Waals surface area contributed by atoms with Gasteiger partial charge in [0.15, 0.2) is 0 Å². The van der Waals surface area contributed by atoms with Gasteiger partial charge in [0.1, 0.15) is 17.7 Å². The predicted molar refractivity (Wildman–Crippen MR) is 131 cm³/mol. The van der Waals surface area contributed by atoms with Crippen LogP contribution in [0.15, 0.2) is 66.9 Å². The van der Waals surface area contributed by atoms with Gasteiger partial charge in [-0.2, -0.15) is 0 Å². The van der Waals surface area contributed by atoms with Crippen LogP contribution in [-0.4, -0.2) is 47.8 Å². The summed E-state index contributed by atoms with van der Waals surface area (Å²) in [6, 6.07) is 18.8. The van der Waals surface area contributed by atoms with Crippen LogP contribution in [0, 0.1) is 5.92 Å². The zero-order chi connectivity index (χ0) is 23.7. The highest BCUT2D eigenvalue weighted by molar-refractivity contribution is 6.03. The molecule has 0 aliphatic carbocycles. The van der Waals surface area contributed by atoms with Crippen LogP contribution in [0.3, 0.4) is 0 Å². The van der Waals surface area contributed by atoms with Gasteiger partial charge < -0.3 is 20.1 Å². The highest BCUT2D eigenvalue weighted by Crippen LogP contribution is 2.37. The van der Waals surface area contributed by atoms with Crippen molar-refractivity contribution in [2.75, 3.05) is 34.8 Å². The molecule has 2 N–H and O–H groups in total. The molecule has 8 nitrogen and oxygen atoms in total. The maximum atomic E-state index is 13.0. The number of nitrogens with zero attached hydrogens (tertiary/aromatic N) is 3. The molecule has 0 radical (unpaired) electrons. The third kappa shape index (κ3) is 4.39. The van der Waals surface area contributed by atoms with Gasteiger partial charge in [0.05, 0.1) is 18.2 Å². The number of para-hydroxylation sites is 1. The Morgan fingerprint density at radius 1 is 1.06 bits per heavy atom. The maximum absolute atomic E-state index is 13.0. The summed E-state index contributed by atoms with van der Waals surface area (Å²) in [7, 11) is 0. The summed E-state index contributed by atoms with van der Waals surface area (Å²) in [5.41, 5.74) is 3.31.